The van der Waals surface area contributed by atoms with Crippen molar-refractivity contribution in [3.8, 4) is 16.9 Å². The molecule has 0 saturated heterocycles. The van der Waals surface area contributed by atoms with Crippen molar-refractivity contribution in [3.05, 3.63) is 93.8 Å². The van der Waals surface area contributed by atoms with Crippen LogP contribution in [0.5, 0.6) is 5.75 Å². The van der Waals surface area contributed by atoms with E-state index in [9.17, 15) is 4.79 Å². The molecule has 2 aromatic heterocycles. The van der Waals surface area contributed by atoms with Crippen LogP contribution in [0, 0.1) is 6.92 Å². The van der Waals surface area contributed by atoms with Crippen molar-refractivity contribution in [2.45, 2.75) is 13.5 Å². The van der Waals surface area contributed by atoms with Crippen molar-refractivity contribution in [1.29, 1.82) is 0 Å². The third-order valence-electron chi connectivity index (χ3n) is 4.80. The molecule has 0 aliphatic heterocycles. The Labute approximate surface area is 171 Å². The van der Waals surface area contributed by atoms with Gasteiger partial charge in [0, 0.05) is 6.07 Å². The molecule has 0 aliphatic carbocycles. The topological polar surface area (TPSA) is 52.3 Å². The second-order valence-electron chi connectivity index (χ2n) is 6.75. The number of ether oxygens (including phenoxy) is 1. The number of fused-ring (bicyclic) bond motifs is 2. The standard InChI is InChI=1S/C24H17NO3S/c1-15-23(16-7-3-2-4-8-16)24(26)18-12-11-17(13-20(18)28-15)27-14-22-25-19-9-5-6-10-21(19)29-22/h2-13H,14H2,1H3. The summed E-state index contributed by atoms with van der Waals surface area (Å²) >= 11 is 1.62. The summed E-state index contributed by atoms with van der Waals surface area (Å²) in [4.78, 5) is 17.6. The van der Waals surface area contributed by atoms with Gasteiger partial charge in [0.2, 0.25) is 5.43 Å². The van der Waals surface area contributed by atoms with Gasteiger partial charge in [0.1, 0.15) is 28.7 Å². The van der Waals surface area contributed by atoms with Gasteiger partial charge in [0.25, 0.3) is 0 Å². The molecule has 29 heavy (non-hydrogen) atoms. The van der Waals surface area contributed by atoms with Crippen molar-refractivity contribution in [3.63, 3.8) is 0 Å². The Morgan fingerprint density at radius 2 is 1.79 bits per heavy atom. The molecule has 142 valence electrons. The molecule has 0 bridgehead atoms. The second kappa shape index (κ2) is 7.18. The first-order valence-electron chi connectivity index (χ1n) is 9.29. The molecular formula is C24H17NO3S. The minimum absolute atomic E-state index is 0.0346. The summed E-state index contributed by atoms with van der Waals surface area (Å²) in [7, 11) is 0. The fraction of sp³-hybridized carbons (Fsp3) is 0.0833. The molecule has 0 fully saturated rings. The van der Waals surface area contributed by atoms with Gasteiger partial charge in [-0.3, -0.25) is 4.79 Å². The summed E-state index contributed by atoms with van der Waals surface area (Å²) in [5.41, 5.74) is 2.92. The van der Waals surface area contributed by atoms with Crippen molar-refractivity contribution < 1.29 is 9.15 Å². The zero-order valence-electron chi connectivity index (χ0n) is 15.7. The van der Waals surface area contributed by atoms with Gasteiger partial charge < -0.3 is 9.15 Å². The summed E-state index contributed by atoms with van der Waals surface area (Å²) in [6, 6.07) is 22.9. The molecule has 0 saturated carbocycles. The summed E-state index contributed by atoms with van der Waals surface area (Å²) < 4.78 is 13.0. The Morgan fingerprint density at radius 1 is 1.00 bits per heavy atom. The molecule has 0 unspecified atom stereocenters. The van der Waals surface area contributed by atoms with Crippen LogP contribution in [-0.2, 0) is 6.61 Å². The first-order chi connectivity index (χ1) is 14.2. The van der Waals surface area contributed by atoms with Crippen molar-refractivity contribution in [2.75, 3.05) is 0 Å². The first-order valence-corrected chi connectivity index (χ1v) is 10.1. The molecule has 2 heterocycles. The Morgan fingerprint density at radius 3 is 2.62 bits per heavy atom. The maximum absolute atomic E-state index is 13.0. The normalized spacial score (nSPS) is 11.2. The summed E-state index contributed by atoms with van der Waals surface area (Å²) in [5, 5.41) is 1.45. The Balaban J connectivity index is 1.46. The zero-order valence-corrected chi connectivity index (χ0v) is 16.5. The molecular weight excluding hydrogens is 382 g/mol. The number of hydrogen-bond donors (Lipinski definition) is 0. The van der Waals surface area contributed by atoms with E-state index in [1.54, 1.807) is 29.5 Å². The van der Waals surface area contributed by atoms with Gasteiger partial charge >= 0.3 is 0 Å². The largest absolute Gasteiger partial charge is 0.486 e. The maximum atomic E-state index is 13.0. The lowest BCUT2D eigenvalue weighted by Crippen LogP contribution is -2.07. The molecule has 3 aromatic carbocycles. The Kier molecular flexibility index (Phi) is 4.37. The van der Waals surface area contributed by atoms with Crippen LogP contribution in [-0.4, -0.2) is 4.98 Å². The zero-order chi connectivity index (χ0) is 19.8. The quantitative estimate of drug-likeness (QED) is 0.374. The molecule has 0 N–H and O–H groups in total. The lowest BCUT2D eigenvalue weighted by atomic mass is 10.0. The summed E-state index contributed by atoms with van der Waals surface area (Å²) in [5.74, 6) is 1.24. The molecule has 0 amide bonds. The third-order valence-corrected chi connectivity index (χ3v) is 5.81. The average molecular weight is 399 g/mol. The van der Waals surface area contributed by atoms with Gasteiger partial charge in [0.15, 0.2) is 0 Å². The molecule has 5 aromatic rings. The van der Waals surface area contributed by atoms with Crippen LogP contribution < -0.4 is 10.2 Å². The Bertz CT molecular complexity index is 1350. The molecule has 0 spiro atoms. The van der Waals surface area contributed by atoms with E-state index >= 15 is 0 Å². The second-order valence-corrected chi connectivity index (χ2v) is 7.87. The number of aryl methyl sites for hydroxylation is 1. The average Bonchev–Trinajstić information content (AvgIpc) is 3.16. The van der Waals surface area contributed by atoms with E-state index in [0.717, 1.165) is 20.8 Å². The van der Waals surface area contributed by atoms with Crippen LogP contribution in [0.3, 0.4) is 0 Å². The van der Waals surface area contributed by atoms with Gasteiger partial charge in [-0.05, 0) is 36.8 Å². The van der Waals surface area contributed by atoms with Crippen LogP contribution in [0.25, 0.3) is 32.3 Å². The highest BCUT2D eigenvalue weighted by atomic mass is 32.1. The highest BCUT2D eigenvalue weighted by Gasteiger charge is 2.14. The summed E-state index contributed by atoms with van der Waals surface area (Å²) in [6.07, 6.45) is 0. The summed E-state index contributed by atoms with van der Waals surface area (Å²) in [6.45, 7) is 2.19. The highest BCUT2D eigenvalue weighted by molar-refractivity contribution is 7.18. The highest BCUT2D eigenvalue weighted by Crippen LogP contribution is 2.27. The minimum Gasteiger partial charge on any atom is -0.486 e. The van der Waals surface area contributed by atoms with E-state index in [1.165, 1.54) is 0 Å². The van der Waals surface area contributed by atoms with Gasteiger partial charge in [-0.15, -0.1) is 11.3 Å². The van der Waals surface area contributed by atoms with Gasteiger partial charge in [-0.2, -0.15) is 0 Å². The van der Waals surface area contributed by atoms with E-state index in [4.69, 9.17) is 9.15 Å². The minimum atomic E-state index is -0.0346. The van der Waals surface area contributed by atoms with Crippen LogP contribution in [0.1, 0.15) is 10.8 Å². The molecule has 5 rings (SSSR count). The molecule has 0 aliphatic rings. The van der Waals surface area contributed by atoms with Crippen molar-refractivity contribution in [2.24, 2.45) is 0 Å². The van der Waals surface area contributed by atoms with Crippen molar-refractivity contribution in [1.82, 2.24) is 4.98 Å². The first kappa shape index (κ1) is 17.6. The molecule has 0 radical (unpaired) electrons. The number of thiazole rings is 1. The van der Waals surface area contributed by atoms with Crippen LogP contribution in [0.4, 0.5) is 0 Å². The monoisotopic (exact) mass is 399 g/mol. The fourth-order valence-corrected chi connectivity index (χ4v) is 4.32. The van der Waals surface area contributed by atoms with Crippen LogP contribution in [0.15, 0.2) is 82.0 Å². The van der Waals surface area contributed by atoms with E-state index in [2.05, 4.69) is 4.98 Å². The number of rotatable bonds is 4. The fourth-order valence-electron chi connectivity index (χ4n) is 3.44. The lowest BCUT2D eigenvalue weighted by Gasteiger charge is -2.09. The van der Waals surface area contributed by atoms with E-state index < -0.39 is 0 Å². The molecule has 5 heteroatoms. The predicted octanol–water partition coefficient (Wildman–Crippen LogP) is 5.96. The number of para-hydroxylation sites is 1. The van der Waals surface area contributed by atoms with Gasteiger partial charge in [0.05, 0.1) is 21.2 Å². The van der Waals surface area contributed by atoms with E-state index in [-0.39, 0.29) is 5.43 Å². The number of benzene rings is 3. The van der Waals surface area contributed by atoms with Gasteiger partial charge in [-0.25, -0.2) is 4.98 Å². The van der Waals surface area contributed by atoms with Crippen LogP contribution >= 0.6 is 11.3 Å². The SMILES string of the molecule is Cc1oc2cc(OCc3nc4ccccc4s3)ccc2c(=O)c1-c1ccccc1. The smallest absolute Gasteiger partial charge is 0.200 e. The van der Waals surface area contributed by atoms with Crippen molar-refractivity contribution >= 4 is 32.5 Å². The van der Waals surface area contributed by atoms with E-state index in [0.29, 0.717) is 34.6 Å². The predicted molar refractivity (Wildman–Crippen MR) is 117 cm³/mol. The lowest BCUT2D eigenvalue weighted by molar-refractivity contribution is 0.306. The Hall–Kier alpha value is -3.44. The van der Waals surface area contributed by atoms with Crippen LogP contribution in [0.2, 0.25) is 0 Å². The maximum Gasteiger partial charge on any atom is 0.200 e. The molecule has 4 nitrogen and oxygen atoms in total. The number of hydrogen-bond acceptors (Lipinski definition) is 5. The third kappa shape index (κ3) is 3.30. The van der Waals surface area contributed by atoms with E-state index in [1.807, 2.05) is 61.5 Å². The molecule has 0 atom stereocenters. The number of nitrogens with zero attached hydrogens (tertiary/aromatic N) is 1. The van der Waals surface area contributed by atoms with Gasteiger partial charge in [-0.1, -0.05) is 42.5 Å². The number of aromatic nitrogens is 1.